The van der Waals surface area contributed by atoms with Gasteiger partial charge in [-0.15, -0.1) is 0 Å². The monoisotopic (exact) mass is 308 g/mol. The first-order chi connectivity index (χ1) is 11.3. The highest BCUT2D eigenvalue weighted by Crippen LogP contribution is 2.34. The third-order valence-electron chi connectivity index (χ3n) is 4.66. The molecule has 2 aromatic rings. The predicted molar refractivity (Wildman–Crippen MR) is 91.0 cm³/mol. The third kappa shape index (κ3) is 2.82. The molecule has 2 aliphatic rings. The van der Waals surface area contributed by atoms with E-state index in [1.807, 2.05) is 24.3 Å². The lowest BCUT2D eigenvalue weighted by molar-refractivity contribution is -0.117. The standard InChI is InChI=1S/C19H20N2O2/c22-19-17(16-3-1-2-4-18(16)20-19)13-14-5-7-15(8-6-14)21-9-11-23-12-10-21/h1-8,17H,9-13H2,(H,20,22). The highest BCUT2D eigenvalue weighted by molar-refractivity contribution is 6.03. The van der Waals surface area contributed by atoms with Crippen LogP contribution in [-0.2, 0) is 16.0 Å². The van der Waals surface area contributed by atoms with E-state index in [1.54, 1.807) is 0 Å². The number of benzene rings is 2. The zero-order valence-corrected chi connectivity index (χ0v) is 13.0. The molecule has 2 aromatic carbocycles. The number of ether oxygens (including phenoxy) is 1. The van der Waals surface area contributed by atoms with Crippen LogP contribution in [0.2, 0.25) is 0 Å². The molecule has 0 aliphatic carbocycles. The smallest absolute Gasteiger partial charge is 0.232 e. The molecule has 2 aliphatic heterocycles. The second kappa shape index (κ2) is 6.05. The van der Waals surface area contributed by atoms with Crippen molar-refractivity contribution in [1.29, 1.82) is 0 Å². The molecule has 1 amide bonds. The van der Waals surface area contributed by atoms with Crippen LogP contribution in [0.3, 0.4) is 0 Å². The van der Waals surface area contributed by atoms with Crippen molar-refractivity contribution in [2.75, 3.05) is 36.5 Å². The average molecular weight is 308 g/mol. The molecule has 4 heteroatoms. The molecule has 2 heterocycles. The summed E-state index contributed by atoms with van der Waals surface area (Å²) >= 11 is 0. The minimum absolute atomic E-state index is 0.0829. The summed E-state index contributed by atoms with van der Waals surface area (Å²) in [5.74, 6) is 0.0175. The Balaban J connectivity index is 1.50. The van der Waals surface area contributed by atoms with Crippen LogP contribution in [0.1, 0.15) is 17.0 Å². The molecular weight excluding hydrogens is 288 g/mol. The van der Waals surface area contributed by atoms with Crippen LogP contribution < -0.4 is 10.2 Å². The molecule has 0 radical (unpaired) electrons. The summed E-state index contributed by atoms with van der Waals surface area (Å²) in [7, 11) is 0. The van der Waals surface area contributed by atoms with Crippen molar-refractivity contribution in [3.8, 4) is 0 Å². The number of rotatable bonds is 3. The number of carbonyl (C=O) groups is 1. The molecule has 1 saturated heterocycles. The van der Waals surface area contributed by atoms with Crippen LogP contribution in [0.4, 0.5) is 11.4 Å². The fourth-order valence-corrected chi connectivity index (χ4v) is 3.38. The molecule has 0 aromatic heterocycles. The zero-order valence-electron chi connectivity index (χ0n) is 13.0. The number of nitrogens with zero attached hydrogens (tertiary/aromatic N) is 1. The van der Waals surface area contributed by atoms with E-state index in [1.165, 1.54) is 11.3 Å². The summed E-state index contributed by atoms with van der Waals surface area (Å²) in [6.45, 7) is 3.47. The number of carbonyl (C=O) groups excluding carboxylic acids is 1. The first-order valence-corrected chi connectivity index (χ1v) is 8.13. The maximum atomic E-state index is 12.2. The maximum absolute atomic E-state index is 12.2. The molecule has 0 spiro atoms. The number of amides is 1. The Kier molecular flexibility index (Phi) is 3.75. The Morgan fingerprint density at radius 3 is 2.57 bits per heavy atom. The lowest BCUT2D eigenvalue weighted by atomic mass is 9.93. The zero-order chi connectivity index (χ0) is 15.6. The van der Waals surface area contributed by atoms with Gasteiger partial charge in [-0.05, 0) is 35.7 Å². The van der Waals surface area contributed by atoms with E-state index in [0.29, 0.717) is 0 Å². The van der Waals surface area contributed by atoms with Crippen molar-refractivity contribution in [2.24, 2.45) is 0 Å². The molecule has 1 N–H and O–H groups in total. The van der Waals surface area contributed by atoms with Crippen LogP contribution in [0.5, 0.6) is 0 Å². The molecular formula is C19H20N2O2. The average Bonchev–Trinajstić information content (AvgIpc) is 2.92. The number of anilines is 2. The van der Waals surface area contributed by atoms with E-state index < -0.39 is 0 Å². The van der Waals surface area contributed by atoms with Gasteiger partial charge in [0.15, 0.2) is 0 Å². The molecule has 0 saturated carbocycles. The lowest BCUT2D eigenvalue weighted by Crippen LogP contribution is -2.36. The van der Waals surface area contributed by atoms with Gasteiger partial charge in [0.2, 0.25) is 5.91 Å². The van der Waals surface area contributed by atoms with Crippen molar-refractivity contribution >= 4 is 17.3 Å². The number of fused-ring (bicyclic) bond motifs is 1. The SMILES string of the molecule is O=C1Nc2ccccc2C1Cc1ccc(N2CCOCC2)cc1. The Morgan fingerprint density at radius 2 is 1.78 bits per heavy atom. The summed E-state index contributed by atoms with van der Waals surface area (Å²) in [4.78, 5) is 14.6. The fraction of sp³-hybridized carbons (Fsp3) is 0.316. The topological polar surface area (TPSA) is 41.6 Å². The van der Waals surface area contributed by atoms with Crippen molar-refractivity contribution in [1.82, 2.24) is 0 Å². The predicted octanol–water partition coefficient (Wildman–Crippen LogP) is 2.80. The van der Waals surface area contributed by atoms with Crippen LogP contribution in [0.15, 0.2) is 48.5 Å². The van der Waals surface area contributed by atoms with Gasteiger partial charge in [-0.1, -0.05) is 30.3 Å². The Morgan fingerprint density at radius 1 is 1.04 bits per heavy atom. The summed E-state index contributed by atoms with van der Waals surface area (Å²) < 4.78 is 5.39. The van der Waals surface area contributed by atoms with Crippen molar-refractivity contribution in [2.45, 2.75) is 12.3 Å². The van der Waals surface area contributed by atoms with Crippen LogP contribution >= 0.6 is 0 Å². The van der Waals surface area contributed by atoms with Crippen LogP contribution in [-0.4, -0.2) is 32.2 Å². The van der Waals surface area contributed by atoms with E-state index in [9.17, 15) is 4.79 Å². The lowest BCUT2D eigenvalue weighted by Gasteiger charge is -2.29. The van der Waals surface area contributed by atoms with Gasteiger partial charge < -0.3 is 15.0 Å². The van der Waals surface area contributed by atoms with Crippen LogP contribution in [0, 0.1) is 0 Å². The summed E-state index contributed by atoms with van der Waals surface area (Å²) in [6.07, 6.45) is 0.742. The van der Waals surface area contributed by atoms with E-state index in [2.05, 4.69) is 34.5 Å². The molecule has 1 unspecified atom stereocenters. The number of hydrogen-bond acceptors (Lipinski definition) is 3. The van der Waals surface area contributed by atoms with Gasteiger partial charge in [-0.25, -0.2) is 0 Å². The quantitative estimate of drug-likeness (QED) is 0.948. The minimum atomic E-state index is -0.0829. The largest absolute Gasteiger partial charge is 0.378 e. The summed E-state index contributed by atoms with van der Waals surface area (Å²) in [5, 5.41) is 2.97. The van der Waals surface area contributed by atoms with Crippen molar-refractivity contribution in [3.05, 3.63) is 59.7 Å². The second-order valence-corrected chi connectivity index (χ2v) is 6.10. The van der Waals surface area contributed by atoms with E-state index in [-0.39, 0.29) is 11.8 Å². The first-order valence-electron chi connectivity index (χ1n) is 8.13. The normalized spacial score (nSPS) is 20.3. The minimum Gasteiger partial charge on any atom is -0.378 e. The fourth-order valence-electron chi connectivity index (χ4n) is 3.38. The summed E-state index contributed by atoms with van der Waals surface area (Å²) in [5.41, 5.74) is 4.48. The molecule has 4 nitrogen and oxygen atoms in total. The van der Waals surface area contributed by atoms with E-state index in [4.69, 9.17) is 4.74 Å². The first kappa shape index (κ1) is 14.3. The van der Waals surface area contributed by atoms with Crippen molar-refractivity contribution in [3.63, 3.8) is 0 Å². The van der Waals surface area contributed by atoms with E-state index >= 15 is 0 Å². The summed E-state index contributed by atoms with van der Waals surface area (Å²) in [6, 6.07) is 16.5. The number of hydrogen-bond donors (Lipinski definition) is 1. The van der Waals surface area contributed by atoms with Crippen LogP contribution in [0.25, 0.3) is 0 Å². The highest BCUT2D eigenvalue weighted by atomic mass is 16.5. The number of nitrogens with one attached hydrogen (secondary N) is 1. The Bertz CT molecular complexity index is 706. The van der Waals surface area contributed by atoms with Gasteiger partial charge in [0.1, 0.15) is 0 Å². The molecule has 118 valence electrons. The Hall–Kier alpha value is -2.33. The molecule has 4 rings (SSSR count). The maximum Gasteiger partial charge on any atom is 0.232 e. The molecule has 1 fully saturated rings. The number of para-hydroxylation sites is 1. The molecule has 23 heavy (non-hydrogen) atoms. The van der Waals surface area contributed by atoms with Gasteiger partial charge in [-0.3, -0.25) is 4.79 Å². The van der Waals surface area contributed by atoms with Crippen molar-refractivity contribution < 1.29 is 9.53 Å². The van der Waals surface area contributed by atoms with Gasteiger partial charge in [0.25, 0.3) is 0 Å². The Labute approximate surface area is 136 Å². The van der Waals surface area contributed by atoms with Gasteiger partial charge >= 0.3 is 0 Å². The van der Waals surface area contributed by atoms with Gasteiger partial charge in [0.05, 0.1) is 19.1 Å². The van der Waals surface area contributed by atoms with E-state index in [0.717, 1.165) is 44.0 Å². The van der Waals surface area contributed by atoms with Gasteiger partial charge in [0, 0.05) is 24.5 Å². The highest BCUT2D eigenvalue weighted by Gasteiger charge is 2.30. The molecule has 0 bridgehead atoms. The second-order valence-electron chi connectivity index (χ2n) is 6.10. The van der Waals surface area contributed by atoms with Gasteiger partial charge in [-0.2, -0.15) is 0 Å². The number of morpholine rings is 1. The molecule has 1 atom stereocenters. The third-order valence-corrected chi connectivity index (χ3v) is 4.66.